The van der Waals surface area contributed by atoms with Crippen LogP contribution in [0.4, 0.5) is 0 Å². The van der Waals surface area contributed by atoms with Crippen LogP contribution in [-0.2, 0) is 12.5 Å². The molecule has 3 aromatic rings. The van der Waals surface area contributed by atoms with Gasteiger partial charge in [0, 0.05) is 17.7 Å². The van der Waals surface area contributed by atoms with Gasteiger partial charge in [-0.2, -0.15) is 0 Å². The average molecular weight is 413 g/mol. The minimum atomic E-state index is -0.00704. The fourth-order valence-electron chi connectivity index (χ4n) is 5.89. The van der Waals surface area contributed by atoms with Gasteiger partial charge >= 0.3 is 0 Å². The zero-order chi connectivity index (χ0) is 21.6. The smallest absolute Gasteiger partial charge is 0.216 e. The van der Waals surface area contributed by atoms with E-state index in [1.165, 1.54) is 65.6 Å². The van der Waals surface area contributed by atoms with Crippen molar-refractivity contribution in [1.82, 2.24) is 0 Å². The van der Waals surface area contributed by atoms with Crippen molar-refractivity contribution in [2.45, 2.75) is 70.3 Å². The number of ether oxygens (including phenoxy) is 1. The van der Waals surface area contributed by atoms with Crippen molar-refractivity contribution in [2.75, 3.05) is 0 Å². The number of aromatic nitrogens is 1. The molecule has 1 fully saturated rings. The van der Waals surface area contributed by atoms with Gasteiger partial charge in [0.1, 0.15) is 18.4 Å². The Kier molecular flexibility index (Phi) is 4.92. The Morgan fingerprint density at radius 3 is 2.35 bits per heavy atom. The SMILES string of the molecule is Cc1ccc2c(c1-c1cc(-c3ccccc3)cc[n+]1C)OC1(CCCCC1)CC2(C)C. The van der Waals surface area contributed by atoms with Crippen LogP contribution in [0.1, 0.15) is 63.5 Å². The quantitative estimate of drug-likeness (QED) is 0.417. The summed E-state index contributed by atoms with van der Waals surface area (Å²) in [5.74, 6) is 1.12. The summed E-state index contributed by atoms with van der Waals surface area (Å²) >= 11 is 0. The predicted molar refractivity (Wildman–Crippen MR) is 127 cm³/mol. The third kappa shape index (κ3) is 3.56. The first-order valence-electron chi connectivity index (χ1n) is 11.8. The number of hydrogen-bond acceptors (Lipinski definition) is 1. The average Bonchev–Trinajstić information content (AvgIpc) is 2.75. The molecule has 160 valence electrons. The number of fused-ring (bicyclic) bond motifs is 1. The fourth-order valence-corrected chi connectivity index (χ4v) is 5.89. The lowest BCUT2D eigenvalue weighted by Crippen LogP contribution is -2.47. The highest BCUT2D eigenvalue weighted by molar-refractivity contribution is 5.76. The highest BCUT2D eigenvalue weighted by atomic mass is 16.5. The maximum absolute atomic E-state index is 7.05. The van der Waals surface area contributed by atoms with Gasteiger partial charge in [-0.1, -0.05) is 62.7 Å². The summed E-state index contributed by atoms with van der Waals surface area (Å²) in [5.41, 5.74) is 7.72. The Morgan fingerprint density at radius 2 is 1.61 bits per heavy atom. The highest BCUT2D eigenvalue weighted by Gasteiger charge is 2.46. The third-order valence-electron chi connectivity index (χ3n) is 7.46. The summed E-state index contributed by atoms with van der Waals surface area (Å²) in [6, 6.07) is 19.8. The molecule has 5 rings (SSSR count). The summed E-state index contributed by atoms with van der Waals surface area (Å²) in [7, 11) is 2.15. The van der Waals surface area contributed by atoms with E-state index in [0.717, 1.165) is 12.2 Å². The van der Waals surface area contributed by atoms with Crippen molar-refractivity contribution in [2.24, 2.45) is 7.05 Å². The molecule has 0 saturated heterocycles. The number of benzene rings is 2. The van der Waals surface area contributed by atoms with Crippen molar-refractivity contribution in [3.63, 3.8) is 0 Å². The van der Waals surface area contributed by atoms with Gasteiger partial charge in [-0.05, 0) is 61.1 Å². The van der Waals surface area contributed by atoms with E-state index in [0.29, 0.717) is 0 Å². The lowest BCUT2D eigenvalue weighted by atomic mass is 9.67. The largest absolute Gasteiger partial charge is 0.486 e. The number of rotatable bonds is 2. The van der Waals surface area contributed by atoms with Crippen LogP contribution < -0.4 is 9.30 Å². The van der Waals surface area contributed by atoms with E-state index >= 15 is 0 Å². The van der Waals surface area contributed by atoms with Crippen LogP contribution in [0, 0.1) is 6.92 Å². The van der Waals surface area contributed by atoms with Crippen molar-refractivity contribution in [3.05, 3.63) is 71.9 Å². The van der Waals surface area contributed by atoms with Crippen LogP contribution in [0.2, 0.25) is 0 Å². The number of hydrogen-bond donors (Lipinski definition) is 0. The van der Waals surface area contributed by atoms with Crippen molar-refractivity contribution in [1.29, 1.82) is 0 Å². The Hall–Kier alpha value is -2.61. The maximum atomic E-state index is 7.05. The first kappa shape index (κ1) is 20.3. The number of pyridine rings is 1. The molecule has 0 bridgehead atoms. The zero-order valence-corrected chi connectivity index (χ0v) is 19.4. The van der Waals surface area contributed by atoms with Gasteiger partial charge in [0.25, 0.3) is 0 Å². The van der Waals surface area contributed by atoms with E-state index in [1.54, 1.807) is 0 Å². The molecule has 0 N–H and O–H groups in total. The molecule has 2 aromatic carbocycles. The summed E-state index contributed by atoms with van der Waals surface area (Å²) in [4.78, 5) is 0. The molecule has 1 spiro atoms. The minimum Gasteiger partial charge on any atom is -0.486 e. The van der Waals surface area contributed by atoms with Crippen LogP contribution in [0.25, 0.3) is 22.4 Å². The molecule has 0 radical (unpaired) electrons. The summed E-state index contributed by atoms with van der Waals surface area (Å²) in [6.07, 6.45) is 9.56. The van der Waals surface area contributed by atoms with E-state index in [4.69, 9.17) is 4.74 Å². The second-order valence-electron chi connectivity index (χ2n) is 10.3. The van der Waals surface area contributed by atoms with Gasteiger partial charge in [0.2, 0.25) is 5.69 Å². The van der Waals surface area contributed by atoms with Crippen LogP contribution in [-0.4, -0.2) is 5.60 Å². The Bertz CT molecular complexity index is 1110. The Labute approximate surface area is 186 Å². The third-order valence-corrected chi connectivity index (χ3v) is 7.46. The Morgan fingerprint density at radius 1 is 0.871 bits per heavy atom. The van der Waals surface area contributed by atoms with Crippen LogP contribution >= 0.6 is 0 Å². The normalized spacial score (nSPS) is 19.0. The van der Waals surface area contributed by atoms with Crippen LogP contribution in [0.5, 0.6) is 5.75 Å². The lowest BCUT2D eigenvalue weighted by molar-refractivity contribution is -0.660. The standard InChI is InChI=1S/C29H34NO/c1-21-13-14-24-27(31-29(20-28(24,2)3)16-9-6-10-17-29)26(21)25-19-23(15-18-30(25)4)22-11-7-5-8-12-22/h5,7-8,11-15,18-19H,6,9-10,16-17,20H2,1-4H3/q+1. The first-order chi connectivity index (χ1) is 14.9. The minimum absolute atomic E-state index is 0.00704. The molecule has 0 unspecified atom stereocenters. The summed E-state index contributed by atoms with van der Waals surface area (Å²) in [5, 5.41) is 0. The molecule has 0 amide bonds. The van der Waals surface area contributed by atoms with Gasteiger partial charge in [0.15, 0.2) is 6.20 Å². The van der Waals surface area contributed by atoms with Gasteiger partial charge < -0.3 is 4.74 Å². The summed E-state index contributed by atoms with van der Waals surface area (Å²) in [6.45, 7) is 7.04. The van der Waals surface area contributed by atoms with Gasteiger partial charge in [0.05, 0.1) is 5.56 Å². The van der Waals surface area contributed by atoms with Crippen molar-refractivity contribution >= 4 is 0 Å². The highest BCUT2D eigenvalue weighted by Crippen LogP contribution is 2.53. The van der Waals surface area contributed by atoms with Crippen LogP contribution in [0.3, 0.4) is 0 Å². The van der Waals surface area contributed by atoms with Gasteiger partial charge in [-0.25, -0.2) is 4.57 Å². The molecule has 1 aliphatic heterocycles. The van der Waals surface area contributed by atoms with E-state index in [2.05, 4.69) is 93.2 Å². The molecular weight excluding hydrogens is 378 g/mol. The Balaban J connectivity index is 1.70. The predicted octanol–water partition coefficient (Wildman–Crippen LogP) is 6.92. The topological polar surface area (TPSA) is 13.1 Å². The molecule has 2 heteroatoms. The number of nitrogens with zero attached hydrogens (tertiary/aromatic N) is 1. The molecule has 1 aliphatic carbocycles. The molecule has 2 heterocycles. The van der Waals surface area contributed by atoms with E-state index in [9.17, 15) is 0 Å². The number of aryl methyl sites for hydroxylation is 2. The fraction of sp³-hybridized carbons (Fsp3) is 0.414. The first-order valence-corrected chi connectivity index (χ1v) is 11.8. The zero-order valence-electron chi connectivity index (χ0n) is 19.4. The molecule has 2 nitrogen and oxygen atoms in total. The molecule has 2 aliphatic rings. The van der Waals surface area contributed by atoms with Gasteiger partial charge in [-0.3, -0.25) is 0 Å². The van der Waals surface area contributed by atoms with E-state index < -0.39 is 0 Å². The second kappa shape index (κ2) is 7.51. The van der Waals surface area contributed by atoms with E-state index in [1.807, 2.05) is 0 Å². The van der Waals surface area contributed by atoms with Crippen LogP contribution in [0.15, 0.2) is 60.8 Å². The second-order valence-corrected chi connectivity index (χ2v) is 10.3. The molecule has 1 aromatic heterocycles. The van der Waals surface area contributed by atoms with Crippen molar-refractivity contribution in [3.8, 4) is 28.1 Å². The summed E-state index contributed by atoms with van der Waals surface area (Å²) < 4.78 is 9.29. The maximum Gasteiger partial charge on any atom is 0.216 e. The lowest BCUT2D eigenvalue weighted by Gasteiger charge is -2.48. The molecular formula is C29H34NO+. The molecule has 1 saturated carbocycles. The molecule has 31 heavy (non-hydrogen) atoms. The monoisotopic (exact) mass is 412 g/mol. The van der Waals surface area contributed by atoms with Crippen molar-refractivity contribution < 1.29 is 9.30 Å². The van der Waals surface area contributed by atoms with Gasteiger partial charge in [-0.15, -0.1) is 0 Å². The van der Waals surface area contributed by atoms with E-state index in [-0.39, 0.29) is 11.0 Å². The molecule has 0 atom stereocenters.